The Morgan fingerprint density at radius 1 is 1.69 bits per heavy atom. The second-order valence-electron chi connectivity index (χ2n) is 3.50. The molecule has 3 nitrogen and oxygen atoms in total. The molecule has 1 fully saturated rings. The van der Waals surface area contributed by atoms with E-state index in [0.29, 0.717) is 5.92 Å². The van der Waals surface area contributed by atoms with Gasteiger partial charge in [-0.3, -0.25) is 0 Å². The van der Waals surface area contributed by atoms with Gasteiger partial charge in [-0.05, 0) is 25.3 Å². The first-order valence-electron chi connectivity index (χ1n) is 4.74. The highest BCUT2D eigenvalue weighted by Gasteiger charge is 2.19. The third-order valence-corrected chi connectivity index (χ3v) is 3.37. The van der Waals surface area contributed by atoms with E-state index in [-0.39, 0.29) is 0 Å². The Labute approximate surface area is 82.6 Å². The Morgan fingerprint density at radius 3 is 3.31 bits per heavy atom. The summed E-state index contributed by atoms with van der Waals surface area (Å²) in [5, 5.41) is 3.18. The van der Waals surface area contributed by atoms with Gasteiger partial charge in [-0.25, -0.2) is 4.98 Å². The standard InChI is InChI=1S/C9H15N3S/c10-6-8-2-1-4-12(7-8)9-11-3-5-13-9/h3,5,8H,1-2,4,6-7,10H2/t8-/m0/s1. The van der Waals surface area contributed by atoms with Crippen molar-refractivity contribution in [3.8, 4) is 0 Å². The summed E-state index contributed by atoms with van der Waals surface area (Å²) in [5.41, 5.74) is 5.68. The molecule has 0 unspecified atom stereocenters. The van der Waals surface area contributed by atoms with E-state index < -0.39 is 0 Å². The number of anilines is 1. The van der Waals surface area contributed by atoms with Gasteiger partial charge in [-0.1, -0.05) is 0 Å². The molecule has 13 heavy (non-hydrogen) atoms. The summed E-state index contributed by atoms with van der Waals surface area (Å²) in [4.78, 5) is 6.67. The molecule has 1 aliphatic rings. The van der Waals surface area contributed by atoms with Crippen LogP contribution in [0.5, 0.6) is 0 Å². The number of aromatic nitrogens is 1. The molecule has 0 amide bonds. The fraction of sp³-hybridized carbons (Fsp3) is 0.667. The Bertz CT molecular complexity index is 247. The van der Waals surface area contributed by atoms with Crippen LogP contribution in [-0.4, -0.2) is 24.6 Å². The van der Waals surface area contributed by atoms with E-state index in [1.54, 1.807) is 11.3 Å². The third-order valence-electron chi connectivity index (χ3n) is 2.54. The Kier molecular flexibility index (Phi) is 2.80. The zero-order valence-electron chi connectivity index (χ0n) is 7.65. The van der Waals surface area contributed by atoms with Gasteiger partial charge in [0.05, 0.1) is 0 Å². The summed E-state index contributed by atoms with van der Waals surface area (Å²) < 4.78 is 0. The molecule has 2 rings (SSSR count). The molecule has 0 spiro atoms. The molecule has 1 aliphatic heterocycles. The molecule has 1 saturated heterocycles. The maximum atomic E-state index is 5.68. The number of hydrogen-bond acceptors (Lipinski definition) is 4. The molecule has 4 heteroatoms. The lowest BCUT2D eigenvalue weighted by molar-refractivity contribution is 0.423. The maximum Gasteiger partial charge on any atom is 0.185 e. The SMILES string of the molecule is NC[C@@H]1CCCN(c2nccs2)C1. The molecule has 1 atom stereocenters. The largest absolute Gasteiger partial charge is 0.348 e. The minimum atomic E-state index is 0.664. The number of nitrogens with two attached hydrogens (primary N) is 1. The smallest absolute Gasteiger partial charge is 0.185 e. The minimum Gasteiger partial charge on any atom is -0.348 e. The van der Waals surface area contributed by atoms with Gasteiger partial charge >= 0.3 is 0 Å². The highest BCUT2D eigenvalue weighted by atomic mass is 32.1. The minimum absolute atomic E-state index is 0.664. The second kappa shape index (κ2) is 4.07. The van der Waals surface area contributed by atoms with Crippen LogP contribution in [0, 0.1) is 5.92 Å². The second-order valence-corrected chi connectivity index (χ2v) is 4.38. The molecule has 0 aromatic carbocycles. The topological polar surface area (TPSA) is 42.1 Å². The fourth-order valence-corrected chi connectivity index (χ4v) is 2.48. The monoisotopic (exact) mass is 197 g/mol. The molecule has 1 aromatic rings. The van der Waals surface area contributed by atoms with E-state index in [1.807, 2.05) is 11.6 Å². The van der Waals surface area contributed by atoms with Crippen LogP contribution in [0.3, 0.4) is 0 Å². The van der Waals surface area contributed by atoms with E-state index in [9.17, 15) is 0 Å². The molecule has 0 saturated carbocycles. The number of hydrogen-bond donors (Lipinski definition) is 1. The molecule has 0 bridgehead atoms. The van der Waals surface area contributed by atoms with Crippen molar-refractivity contribution >= 4 is 16.5 Å². The van der Waals surface area contributed by atoms with Crippen LogP contribution in [0.2, 0.25) is 0 Å². The molecule has 0 radical (unpaired) electrons. The lowest BCUT2D eigenvalue weighted by Crippen LogP contribution is -2.38. The zero-order chi connectivity index (χ0) is 9.10. The summed E-state index contributed by atoms with van der Waals surface area (Å²) in [6, 6.07) is 0. The van der Waals surface area contributed by atoms with Gasteiger partial charge in [0.1, 0.15) is 0 Å². The van der Waals surface area contributed by atoms with Crippen molar-refractivity contribution < 1.29 is 0 Å². The van der Waals surface area contributed by atoms with Gasteiger partial charge in [-0.15, -0.1) is 11.3 Å². The van der Waals surface area contributed by atoms with Crippen molar-refractivity contribution in [1.82, 2.24) is 4.98 Å². The number of piperidine rings is 1. The van der Waals surface area contributed by atoms with Gasteiger partial charge in [0, 0.05) is 24.7 Å². The Hall–Kier alpha value is -0.610. The number of thiazole rings is 1. The quantitative estimate of drug-likeness (QED) is 0.777. The van der Waals surface area contributed by atoms with Crippen LogP contribution >= 0.6 is 11.3 Å². The molecular formula is C9H15N3S. The van der Waals surface area contributed by atoms with Crippen LogP contribution in [0.4, 0.5) is 5.13 Å². The van der Waals surface area contributed by atoms with Crippen molar-refractivity contribution in [2.24, 2.45) is 11.7 Å². The predicted molar refractivity (Wildman–Crippen MR) is 56.1 cm³/mol. The van der Waals surface area contributed by atoms with Gasteiger partial charge in [0.15, 0.2) is 5.13 Å². The number of nitrogens with zero attached hydrogens (tertiary/aromatic N) is 2. The van der Waals surface area contributed by atoms with Gasteiger partial charge in [0.25, 0.3) is 0 Å². The summed E-state index contributed by atoms with van der Waals surface area (Å²) in [6.45, 7) is 3.04. The summed E-state index contributed by atoms with van der Waals surface area (Å²) in [5.74, 6) is 0.664. The average molecular weight is 197 g/mol. The van der Waals surface area contributed by atoms with Gasteiger partial charge < -0.3 is 10.6 Å². The highest BCUT2D eigenvalue weighted by molar-refractivity contribution is 7.13. The molecule has 1 aromatic heterocycles. The van der Waals surface area contributed by atoms with Crippen molar-refractivity contribution in [3.63, 3.8) is 0 Å². The predicted octanol–water partition coefficient (Wildman–Crippen LogP) is 1.32. The normalized spacial score (nSPS) is 23.5. The number of rotatable bonds is 2. The van der Waals surface area contributed by atoms with E-state index in [1.165, 1.54) is 12.8 Å². The first kappa shape index (κ1) is 8.97. The Morgan fingerprint density at radius 2 is 2.62 bits per heavy atom. The molecule has 2 N–H and O–H groups in total. The van der Waals surface area contributed by atoms with Crippen LogP contribution in [-0.2, 0) is 0 Å². The summed E-state index contributed by atoms with van der Waals surface area (Å²) in [6.07, 6.45) is 4.39. The van der Waals surface area contributed by atoms with Crippen LogP contribution in [0.1, 0.15) is 12.8 Å². The first-order valence-corrected chi connectivity index (χ1v) is 5.62. The summed E-state index contributed by atoms with van der Waals surface area (Å²) >= 11 is 1.72. The zero-order valence-corrected chi connectivity index (χ0v) is 8.46. The average Bonchev–Trinajstić information content (AvgIpc) is 2.71. The third kappa shape index (κ3) is 2.00. The van der Waals surface area contributed by atoms with E-state index >= 15 is 0 Å². The lowest BCUT2D eigenvalue weighted by Gasteiger charge is -2.31. The van der Waals surface area contributed by atoms with Gasteiger partial charge in [-0.2, -0.15) is 0 Å². The molecule has 0 aliphatic carbocycles. The van der Waals surface area contributed by atoms with Crippen LogP contribution in [0.25, 0.3) is 0 Å². The fourth-order valence-electron chi connectivity index (χ4n) is 1.80. The van der Waals surface area contributed by atoms with E-state index in [4.69, 9.17) is 5.73 Å². The molecule has 2 heterocycles. The van der Waals surface area contributed by atoms with Crippen molar-refractivity contribution in [2.75, 3.05) is 24.5 Å². The van der Waals surface area contributed by atoms with Gasteiger partial charge in [0.2, 0.25) is 0 Å². The van der Waals surface area contributed by atoms with Crippen molar-refractivity contribution in [1.29, 1.82) is 0 Å². The molecular weight excluding hydrogens is 182 g/mol. The van der Waals surface area contributed by atoms with Crippen LogP contribution in [0.15, 0.2) is 11.6 Å². The van der Waals surface area contributed by atoms with Crippen molar-refractivity contribution in [2.45, 2.75) is 12.8 Å². The lowest BCUT2D eigenvalue weighted by atomic mass is 9.99. The van der Waals surface area contributed by atoms with Crippen LogP contribution < -0.4 is 10.6 Å². The highest BCUT2D eigenvalue weighted by Crippen LogP contribution is 2.23. The summed E-state index contributed by atoms with van der Waals surface area (Å²) in [7, 11) is 0. The molecule has 72 valence electrons. The maximum absolute atomic E-state index is 5.68. The van der Waals surface area contributed by atoms with E-state index in [2.05, 4.69) is 9.88 Å². The van der Waals surface area contributed by atoms with E-state index in [0.717, 1.165) is 24.8 Å². The Balaban J connectivity index is 2.00. The first-order chi connectivity index (χ1) is 6.40. The van der Waals surface area contributed by atoms with Crippen molar-refractivity contribution in [3.05, 3.63) is 11.6 Å².